The van der Waals surface area contributed by atoms with Crippen LogP contribution in [0.3, 0.4) is 0 Å². The number of rotatable bonds is 3. The van der Waals surface area contributed by atoms with E-state index >= 15 is 0 Å². The molecule has 0 saturated carbocycles. The Kier molecular flexibility index (Phi) is 4.10. The minimum Gasteiger partial charge on any atom is -0.348 e. The molecular formula is C14H13BrN2O. The molecule has 3 nitrogen and oxygen atoms in total. The number of halogens is 1. The van der Waals surface area contributed by atoms with E-state index in [9.17, 15) is 4.79 Å². The van der Waals surface area contributed by atoms with Crippen LogP contribution in [0.15, 0.2) is 47.2 Å². The molecule has 1 N–H and O–H groups in total. The number of carbonyl (C=O) groups is 1. The Balaban J connectivity index is 2.06. The van der Waals surface area contributed by atoms with E-state index in [2.05, 4.69) is 26.2 Å². The summed E-state index contributed by atoms with van der Waals surface area (Å²) >= 11 is 3.39. The minimum absolute atomic E-state index is 0.0811. The van der Waals surface area contributed by atoms with Crippen molar-refractivity contribution in [3.05, 3.63) is 63.9 Å². The lowest BCUT2D eigenvalue weighted by Gasteiger charge is -2.07. The van der Waals surface area contributed by atoms with Gasteiger partial charge in [-0.3, -0.25) is 9.78 Å². The number of benzene rings is 1. The van der Waals surface area contributed by atoms with Crippen LogP contribution in [0.25, 0.3) is 0 Å². The van der Waals surface area contributed by atoms with Crippen molar-refractivity contribution in [2.75, 3.05) is 0 Å². The first-order valence-corrected chi connectivity index (χ1v) is 6.39. The lowest BCUT2D eigenvalue weighted by atomic mass is 10.1. The average molecular weight is 305 g/mol. The predicted molar refractivity (Wildman–Crippen MR) is 74.3 cm³/mol. The van der Waals surface area contributed by atoms with Gasteiger partial charge in [-0.25, -0.2) is 0 Å². The van der Waals surface area contributed by atoms with Gasteiger partial charge in [-0.15, -0.1) is 0 Å². The summed E-state index contributed by atoms with van der Waals surface area (Å²) in [5, 5.41) is 2.89. The molecule has 2 aromatic rings. The molecule has 0 unspecified atom stereocenters. The van der Waals surface area contributed by atoms with Gasteiger partial charge in [-0.2, -0.15) is 0 Å². The van der Waals surface area contributed by atoms with Crippen LogP contribution in [0.2, 0.25) is 0 Å². The fourth-order valence-electron chi connectivity index (χ4n) is 1.59. The monoisotopic (exact) mass is 304 g/mol. The third-order valence-electron chi connectivity index (χ3n) is 2.57. The first-order valence-electron chi connectivity index (χ1n) is 5.60. The number of hydrogen-bond donors (Lipinski definition) is 1. The van der Waals surface area contributed by atoms with Crippen molar-refractivity contribution in [3.8, 4) is 0 Å². The van der Waals surface area contributed by atoms with E-state index in [0.717, 1.165) is 15.6 Å². The van der Waals surface area contributed by atoms with Crippen molar-refractivity contribution in [2.24, 2.45) is 0 Å². The smallest absolute Gasteiger partial charge is 0.252 e. The molecule has 0 aliphatic carbocycles. The lowest BCUT2D eigenvalue weighted by molar-refractivity contribution is 0.0950. The van der Waals surface area contributed by atoms with E-state index in [1.54, 1.807) is 12.4 Å². The molecule has 0 aliphatic heterocycles. The van der Waals surface area contributed by atoms with Crippen LogP contribution in [-0.2, 0) is 6.54 Å². The number of nitrogens with zero attached hydrogens (tertiary/aromatic N) is 1. The molecule has 1 aromatic carbocycles. The second-order valence-electron chi connectivity index (χ2n) is 4.02. The highest BCUT2D eigenvalue weighted by atomic mass is 79.9. The summed E-state index contributed by atoms with van der Waals surface area (Å²) in [4.78, 5) is 16.0. The van der Waals surface area contributed by atoms with Gasteiger partial charge in [0.1, 0.15) is 0 Å². The normalized spacial score (nSPS) is 10.1. The van der Waals surface area contributed by atoms with Crippen LogP contribution in [0.1, 0.15) is 21.5 Å². The van der Waals surface area contributed by atoms with Crippen LogP contribution >= 0.6 is 15.9 Å². The van der Waals surface area contributed by atoms with Crippen LogP contribution in [-0.4, -0.2) is 10.9 Å². The maximum absolute atomic E-state index is 12.0. The quantitative estimate of drug-likeness (QED) is 0.947. The number of hydrogen-bond acceptors (Lipinski definition) is 2. The largest absolute Gasteiger partial charge is 0.348 e. The summed E-state index contributed by atoms with van der Waals surface area (Å²) < 4.78 is 0.806. The highest BCUT2D eigenvalue weighted by Gasteiger charge is 2.09. The molecule has 0 bridgehead atoms. The number of carbonyl (C=O) groups excluding carboxylic acids is 1. The Labute approximate surface area is 114 Å². The Morgan fingerprint density at radius 1 is 1.28 bits per heavy atom. The van der Waals surface area contributed by atoms with E-state index in [-0.39, 0.29) is 5.91 Å². The van der Waals surface area contributed by atoms with E-state index in [1.807, 2.05) is 37.3 Å². The molecule has 92 valence electrons. The summed E-state index contributed by atoms with van der Waals surface area (Å²) in [6.45, 7) is 2.47. The van der Waals surface area contributed by atoms with Crippen molar-refractivity contribution in [1.82, 2.24) is 10.3 Å². The van der Waals surface area contributed by atoms with Gasteiger partial charge in [0.05, 0.1) is 5.56 Å². The molecule has 0 saturated heterocycles. The van der Waals surface area contributed by atoms with Gasteiger partial charge in [-0.05, 0) is 52.7 Å². The Morgan fingerprint density at radius 3 is 2.72 bits per heavy atom. The average Bonchev–Trinajstić information content (AvgIpc) is 2.40. The maximum atomic E-state index is 12.0. The SMILES string of the molecule is Cc1ccc(Br)c(C(=O)NCc2ccncc2)c1. The predicted octanol–water partition coefficient (Wildman–Crippen LogP) is 3.08. The first-order chi connectivity index (χ1) is 8.66. The fraction of sp³-hybridized carbons (Fsp3) is 0.143. The Bertz CT molecular complexity index is 555. The summed E-state index contributed by atoms with van der Waals surface area (Å²) in [6.07, 6.45) is 3.42. The molecule has 0 radical (unpaired) electrons. The molecule has 0 aliphatic rings. The molecule has 18 heavy (non-hydrogen) atoms. The highest BCUT2D eigenvalue weighted by Crippen LogP contribution is 2.18. The van der Waals surface area contributed by atoms with E-state index < -0.39 is 0 Å². The zero-order valence-corrected chi connectivity index (χ0v) is 11.6. The number of aryl methyl sites for hydroxylation is 1. The second kappa shape index (κ2) is 5.78. The highest BCUT2D eigenvalue weighted by molar-refractivity contribution is 9.10. The molecular weight excluding hydrogens is 292 g/mol. The molecule has 0 atom stereocenters. The summed E-state index contributed by atoms with van der Waals surface area (Å²) in [5.74, 6) is -0.0811. The van der Waals surface area contributed by atoms with Gasteiger partial charge in [-0.1, -0.05) is 11.6 Å². The van der Waals surface area contributed by atoms with Gasteiger partial charge < -0.3 is 5.32 Å². The standard InChI is InChI=1S/C14H13BrN2O/c1-10-2-3-13(15)12(8-10)14(18)17-9-11-4-6-16-7-5-11/h2-8H,9H2,1H3,(H,17,18). The van der Waals surface area contributed by atoms with Crippen molar-refractivity contribution < 1.29 is 4.79 Å². The fourth-order valence-corrected chi connectivity index (χ4v) is 2.02. The molecule has 1 heterocycles. The zero-order valence-electron chi connectivity index (χ0n) is 9.98. The first kappa shape index (κ1) is 12.8. The minimum atomic E-state index is -0.0811. The molecule has 0 spiro atoms. The maximum Gasteiger partial charge on any atom is 0.252 e. The van der Waals surface area contributed by atoms with Gasteiger partial charge in [0.15, 0.2) is 0 Å². The van der Waals surface area contributed by atoms with Crippen LogP contribution in [0.5, 0.6) is 0 Å². The summed E-state index contributed by atoms with van der Waals surface area (Å²) in [6, 6.07) is 9.48. The van der Waals surface area contributed by atoms with Crippen molar-refractivity contribution in [2.45, 2.75) is 13.5 Å². The van der Waals surface area contributed by atoms with Gasteiger partial charge in [0.25, 0.3) is 5.91 Å². The van der Waals surface area contributed by atoms with E-state index in [0.29, 0.717) is 12.1 Å². The van der Waals surface area contributed by atoms with Crippen molar-refractivity contribution in [1.29, 1.82) is 0 Å². The number of pyridine rings is 1. The molecule has 1 aromatic heterocycles. The molecule has 1 amide bonds. The molecule has 0 fully saturated rings. The topological polar surface area (TPSA) is 42.0 Å². The van der Waals surface area contributed by atoms with Crippen LogP contribution in [0.4, 0.5) is 0 Å². The third kappa shape index (κ3) is 3.17. The third-order valence-corrected chi connectivity index (χ3v) is 3.26. The van der Waals surface area contributed by atoms with Crippen molar-refractivity contribution >= 4 is 21.8 Å². The van der Waals surface area contributed by atoms with E-state index in [1.165, 1.54) is 0 Å². The van der Waals surface area contributed by atoms with Crippen LogP contribution in [0, 0.1) is 6.92 Å². The number of aromatic nitrogens is 1. The Morgan fingerprint density at radius 2 is 2.00 bits per heavy atom. The Hall–Kier alpha value is -1.68. The number of amides is 1. The van der Waals surface area contributed by atoms with Gasteiger partial charge in [0.2, 0.25) is 0 Å². The van der Waals surface area contributed by atoms with Crippen molar-refractivity contribution in [3.63, 3.8) is 0 Å². The second-order valence-corrected chi connectivity index (χ2v) is 4.88. The molecule has 2 rings (SSSR count). The lowest BCUT2D eigenvalue weighted by Crippen LogP contribution is -2.23. The summed E-state index contributed by atoms with van der Waals surface area (Å²) in [7, 11) is 0. The zero-order chi connectivity index (χ0) is 13.0. The van der Waals surface area contributed by atoms with Gasteiger partial charge in [0, 0.05) is 23.4 Å². The molecule has 4 heteroatoms. The van der Waals surface area contributed by atoms with E-state index in [4.69, 9.17) is 0 Å². The van der Waals surface area contributed by atoms with Crippen LogP contribution < -0.4 is 5.32 Å². The van der Waals surface area contributed by atoms with Gasteiger partial charge >= 0.3 is 0 Å². The summed E-state index contributed by atoms with van der Waals surface area (Å²) in [5.41, 5.74) is 2.75. The number of nitrogens with one attached hydrogen (secondary N) is 1.